The molecule has 1 atom stereocenters. The first-order chi connectivity index (χ1) is 13.4. The number of hydrogen-bond donors (Lipinski definition) is 1. The van der Waals surface area contributed by atoms with Crippen molar-refractivity contribution in [3.8, 4) is 5.75 Å². The molecule has 1 aliphatic rings. The topological polar surface area (TPSA) is 87.2 Å². The molecule has 0 bridgehead atoms. The van der Waals surface area contributed by atoms with Crippen LogP contribution < -0.4 is 4.74 Å². The Hall–Kier alpha value is -2.64. The predicted octanol–water partition coefficient (Wildman–Crippen LogP) is 2.30. The molecule has 1 fully saturated rings. The third-order valence-electron chi connectivity index (χ3n) is 4.83. The summed E-state index contributed by atoms with van der Waals surface area (Å²) in [5.41, 5.74) is 0. The van der Waals surface area contributed by atoms with Crippen molar-refractivity contribution in [1.82, 2.24) is 9.80 Å². The summed E-state index contributed by atoms with van der Waals surface area (Å²) >= 11 is 0. The van der Waals surface area contributed by atoms with Crippen molar-refractivity contribution in [3.05, 3.63) is 30.1 Å². The highest BCUT2D eigenvalue weighted by atomic mass is 19.1. The third kappa shape index (κ3) is 6.51. The van der Waals surface area contributed by atoms with Gasteiger partial charge in [0.1, 0.15) is 6.54 Å². The summed E-state index contributed by atoms with van der Waals surface area (Å²) in [6, 6.07) is 5.97. The quantitative estimate of drug-likeness (QED) is 0.684. The third-order valence-corrected chi connectivity index (χ3v) is 4.83. The van der Waals surface area contributed by atoms with E-state index in [1.165, 1.54) is 17.9 Å². The zero-order valence-electron chi connectivity index (χ0n) is 16.1. The number of ether oxygens (including phenoxy) is 1. The van der Waals surface area contributed by atoms with E-state index in [4.69, 9.17) is 9.84 Å². The molecule has 0 radical (unpaired) electrons. The Bertz CT molecular complexity index is 697. The van der Waals surface area contributed by atoms with Crippen LogP contribution >= 0.6 is 0 Å². The Labute approximate surface area is 164 Å². The summed E-state index contributed by atoms with van der Waals surface area (Å²) in [5, 5.41) is 9.00. The normalized spacial score (nSPS) is 16.9. The number of nitrogens with zero attached hydrogens (tertiary/aromatic N) is 2. The van der Waals surface area contributed by atoms with Gasteiger partial charge >= 0.3 is 5.97 Å². The summed E-state index contributed by atoms with van der Waals surface area (Å²) < 4.78 is 18.8. The molecule has 0 saturated carbocycles. The van der Waals surface area contributed by atoms with E-state index in [1.807, 2.05) is 0 Å². The van der Waals surface area contributed by atoms with E-state index in [9.17, 15) is 18.8 Å². The lowest BCUT2D eigenvalue weighted by Gasteiger charge is -2.28. The van der Waals surface area contributed by atoms with Crippen LogP contribution in [0.4, 0.5) is 4.39 Å². The number of carboxylic acids is 1. The van der Waals surface area contributed by atoms with Gasteiger partial charge in [0.2, 0.25) is 11.8 Å². The molecule has 1 aromatic carbocycles. The summed E-state index contributed by atoms with van der Waals surface area (Å²) in [6.07, 6.45) is 2.72. The number of para-hydroxylation sites is 1. The molecule has 0 aliphatic carbocycles. The minimum absolute atomic E-state index is 0.00890. The summed E-state index contributed by atoms with van der Waals surface area (Å²) in [4.78, 5) is 38.3. The number of halogens is 1. The molecule has 1 aliphatic heterocycles. The van der Waals surface area contributed by atoms with Crippen molar-refractivity contribution in [2.45, 2.75) is 45.1 Å². The highest BCUT2D eigenvalue weighted by Gasteiger charge is 2.27. The van der Waals surface area contributed by atoms with Crippen LogP contribution in [-0.2, 0) is 14.4 Å². The van der Waals surface area contributed by atoms with Crippen LogP contribution in [-0.4, -0.2) is 65.0 Å². The summed E-state index contributed by atoms with van der Waals surface area (Å²) in [7, 11) is 0. The average molecular weight is 394 g/mol. The van der Waals surface area contributed by atoms with E-state index in [0.717, 1.165) is 0 Å². The molecule has 2 amide bonds. The number of hydrogen-bond acceptors (Lipinski definition) is 4. The number of amides is 2. The molecule has 8 heteroatoms. The van der Waals surface area contributed by atoms with Gasteiger partial charge in [-0.1, -0.05) is 12.1 Å². The van der Waals surface area contributed by atoms with E-state index in [1.54, 1.807) is 23.1 Å². The summed E-state index contributed by atoms with van der Waals surface area (Å²) in [6.45, 7) is 2.37. The van der Waals surface area contributed by atoms with Gasteiger partial charge in [0.05, 0.1) is 6.61 Å². The molecule has 7 nitrogen and oxygen atoms in total. The number of carbonyl (C=O) groups excluding carboxylic acids is 2. The molecule has 1 unspecified atom stereocenters. The second kappa shape index (κ2) is 10.6. The molecule has 0 aromatic heterocycles. The van der Waals surface area contributed by atoms with Gasteiger partial charge in [0.25, 0.3) is 0 Å². The maximum Gasteiger partial charge on any atom is 0.323 e. The van der Waals surface area contributed by atoms with Gasteiger partial charge in [0.15, 0.2) is 11.6 Å². The number of carboxylic acid groups (broad SMARTS) is 1. The molecule has 1 N–H and O–H groups in total. The molecule has 2 rings (SSSR count). The fraction of sp³-hybridized carbons (Fsp3) is 0.550. The molecule has 1 saturated heterocycles. The second-order valence-corrected chi connectivity index (χ2v) is 6.89. The number of benzene rings is 1. The Morgan fingerprint density at radius 2 is 2.00 bits per heavy atom. The molecular formula is C20H27FN2O5. The molecular weight excluding hydrogens is 367 g/mol. The van der Waals surface area contributed by atoms with Crippen molar-refractivity contribution in [1.29, 1.82) is 0 Å². The van der Waals surface area contributed by atoms with Crippen LogP contribution in [0.5, 0.6) is 5.75 Å². The van der Waals surface area contributed by atoms with Gasteiger partial charge in [-0.05, 0) is 37.8 Å². The van der Waals surface area contributed by atoms with E-state index >= 15 is 0 Å². The van der Waals surface area contributed by atoms with Crippen LogP contribution in [0.25, 0.3) is 0 Å². The zero-order valence-corrected chi connectivity index (χ0v) is 16.1. The Morgan fingerprint density at radius 3 is 2.68 bits per heavy atom. The van der Waals surface area contributed by atoms with Crippen molar-refractivity contribution in [2.75, 3.05) is 26.2 Å². The van der Waals surface area contributed by atoms with Crippen molar-refractivity contribution in [2.24, 2.45) is 0 Å². The number of likely N-dealkylation sites (tertiary alicyclic amines) is 1. The fourth-order valence-corrected chi connectivity index (χ4v) is 3.41. The second-order valence-electron chi connectivity index (χ2n) is 6.89. The van der Waals surface area contributed by atoms with Crippen LogP contribution in [0.15, 0.2) is 24.3 Å². The molecule has 1 heterocycles. The Morgan fingerprint density at radius 1 is 1.25 bits per heavy atom. The number of rotatable bonds is 8. The van der Waals surface area contributed by atoms with Gasteiger partial charge in [-0.2, -0.15) is 0 Å². The highest BCUT2D eigenvalue weighted by molar-refractivity contribution is 5.80. The first kappa shape index (κ1) is 21.7. The lowest BCUT2D eigenvalue weighted by atomic mass is 10.1. The Balaban J connectivity index is 1.78. The van der Waals surface area contributed by atoms with E-state index < -0.39 is 11.8 Å². The van der Waals surface area contributed by atoms with Gasteiger partial charge < -0.3 is 19.6 Å². The smallest absolute Gasteiger partial charge is 0.323 e. The van der Waals surface area contributed by atoms with Gasteiger partial charge in [-0.25, -0.2) is 4.39 Å². The van der Waals surface area contributed by atoms with Crippen molar-refractivity contribution in [3.63, 3.8) is 0 Å². The Kier molecular flexibility index (Phi) is 8.22. The fourth-order valence-electron chi connectivity index (χ4n) is 3.41. The van der Waals surface area contributed by atoms with Gasteiger partial charge in [-0.3, -0.25) is 14.4 Å². The van der Waals surface area contributed by atoms with Gasteiger partial charge in [-0.15, -0.1) is 0 Å². The van der Waals surface area contributed by atoms with E-state index in [0.29, 0.717) is 45.2 Å². The van der Waals surface area contributed by atoms with E-state index in [-0.39, 0.29) is 36.8 Å². The maximum atomic E-state index is 13.5. The first-order valence-corrected chi connectivity index (χ1v) is 9.52. The molecule has 1 aromatic rings. The molecule has 154 valence electrons. The summed E-state index contributed by atoms with van der Waals surface area (Å²) in [5.74, 6) is -1.57. The lowest BCUT2D eigenvalue weighted by Crippen LogP contribution is -2.43. The van der Waals surface area contributed by atoms with Crippen LogP contribution in [0.3, 0.4) is 0 Å². The number of aliphatic carboxylic acids is 1. The average Bonchev–Trinajstić information content (AvgIpc) is 2.90. The number of carbonyl (C=O) groups is 3. The monoisotopic (exact) mass is 394 g/mol. The van der Waals surface area contributed by atoms with Crippen LogP contribution in [0, 0.1) is 5.82 Å². The lowest BCUT2D eigenvalue weighted by molar-refractivity contribution is -0.145. The van der Waals surface area contributed by atoms with Crippen molar-refractivity contribution >= 4 is 17.8 Å². The first-order valence-electron chi connectivity index (χ1n) is 9.52. The largest absolute Gasteiger partial charge is 0.491 e. The van der Waals surface area contributed by atoms with Crippen molar-refractivity contribution < 1.29 is 28.6 Å². The van der Waals surface area contributed by atoms with Crippen LogP contribution in [0.1, 0.15) is 39.0 Å². The SMILES string of the molecule is CC(=O)N(CC(=O)O)C1CCCN(C(=O)CCCOc2ccccc2F)CC1. The maximum absolute atomic E-state index is 13.5. The minimum Gasteiger partial charge on any atom is -0.491 e. The zero-order chi connectivity index (χ0) is 20.5. The predicted molar refractivity (Wildman–Crippen MR) is 100 cm³/mol. The standard InChI is InChI=1S/C20H27FN2O5/c1-15(24)23(14-20(26)27)16-6-4-11-22(12-10-16)19(25)9-5-13-28-18-8-3-2-7-17(18)21/h2-3,7-8,16H,4-6,9-14H2,1H3,(H,26,27). The highest BCUT2D eigenvalue weighted by Crippen LogP contribution is 2.19. The minimum atomic E-state index is -1.04. The molecule has 0 spiro atoms. The van der Waals surface area contributed by atoms with E-state index in [2.05, 4.69) is 0 Å². The molecule has 28 heavy (non-hydrogen) atoms. The van der Waals surface area contributed by atoms with Crippen LogP contribution in [0.2, 0.25) is 0 Å². The van der Waals surface area contributed by atoms with Gasteiger partial charge in [0, 0.05) is 32.5 Å².